The first kappa shape index (κ1) is 25.3. The van der Waals surface area contributed by atoms with E-state index in [2.05, 4.69) is 21.2 Å². The van der Waals surface area contributed by atoms with Crippen molar-refractivity contribution in [2.45, 2.75) is 6.92 Å². The molecule has 0 aliphatic rings. The number of hydrogen-bond acceptors (Lipinski definition) is 7. The number of aromatic nitrogens is 1. The molecule has 0 saturated heterocycles. The van der Waals surface area contributed by atoms with Crippen molar-refractivity contribution in [1.82, 2.24) is 4.98 Å². The number of aromatic amines is 1. The highest BCUT2D eigenvalue weighted by Crippen LogP contribution is 2.41. The number of amides is 1. The van der Waals surface area contributed by atoms with Gasteiger partial charge < -0.3 is 35.7 Å². The highest BCUT2D eigenvalue weighted by Gasteiger charge is 2.29. The van der Waals surface area contributed by atoms with Crippen molar-refractivity contribution in [3.63, 3.8) is 0 Å². The molecule has 3 aromatic rings. The first-order chi connectivity index (χ1) is 16.6. The van der Waals surface area contributed by atoms with Gasteiger partial charge in [-0.05, 0) is 31.2 Å². The van der Waals surface area contributed by atoms with Crippen LogP contribution in [0.3, 0.4) is 0 Å². The summed E-state index contributed by atoms with van der Waals surface area (Å²) in [6.45, 7) is 1.48. The number of aromatic carboxylic acids is 2. The first-order valence-corrected chi connectivity index (χ1v) is 10.9. The lowest BCUT2D eigenvalue weighted by atomic mass is 9.95. The minimum absolute atomic E-state index is 0.0159. The lowest BCUT2D eigenvalue weighted by Gasteiger charge is -2.17. The van der Waals surface area contributed by atoms with E-state index in [-0.39, 0.29) is 34.7 Å². The number of hydrogen-bond donors (Lipinski definition) is 5. The van der Waals surface area contributed by atoms with Crippen molar-refractivity contribution in [3.8, 4) is 22.6 Å². The van der Waals surface area contributed by atoms with Crippen LogP contribution in [0, 0.1) is 0 Å². The molecule has 0 radical (unpaired) electrons. The van der Waals surface area contributed by atoms with Gasteiger partial charge in [0.2, 0.25) is 0 Å². The summed E-state index contributed by atoms with van der Waals surface area (Å²) in [7, 11) is 0. The number of nitrogens with two attached hydrogens (primary N) is 1. The van der Waals surface area contributed by atoms with Gasteiger partial charge >= 0.3 is 11.9 Å². The third-order valence-electron chi connectivity index (χ3n) is 4.69. The molecule has 0 saturated carbocycles. The Bertz CT molecular complexity index is 1360. The number of nitrogen functional groups attached to an aromatic ring is 1. The summed E-state index contributed by atoms with van der Waals surface area (Å²) in [5.74, 6) is -3.93. The van der Waals surface area contributed by atoms with Crippen LogP contribution in [0.1, 0.15) is 27.6 Å². The summed E-state index contributed by atoms with van der Waals surface area (Å²) in [4.78, 5) is 50.4. The molecule has 12 heteroatoms. The molecule has 0 atom stereocenters. The van der Waals surface area contributed by atoms with E-state index in [1.54, 1.807) is 37.3 Å². The number of carbonyl (C=O) groups excluding carboxylic acids is 1. The molecule has 0 bridgehead atoms. The molecule has 0 fully saturated rings. The Hall–Kier alpha value is -4.32. The fourth-order valence-electron chi connectivity index (χ4n) is 3.29. The number of anilines is 2. The predicted molar refractivity (Wildman–Crippen MR) is 130 cm³/mol. The third-order valence-corrected chi connectivity index (χ3v) is 5.35. The van der Waals surface area contributed by atoms with Gasteiger partial charge in [0, 0.05) is 21.3 Å². The van der Waals surface area contributed by atoms with Crippen LogP contribution >= 0.6 is 15.9 Å². The van der Waals surface area contributed by atoms with Crippen molar-refractivity contribution in [2.75, 3.05) is 24.3 Å². The van der Waals surface area contributed by atoms with Gasteiger partial charge in [0.25, 0.3) is 11.5 Å². The lowest BCUT2D eigenvalue weighted by Crippen LogP contribution is -2.24. The number of nitrogens with one attached hydrogen (secondary N) is 2. The molecule has 1 amide bonds. The van der Waals surface area contributed by atoms with Crippen LogP contribution in [0.4, 0.5) is 11.5 Å². The maximum absolute atomic E-state index is 12.3. The van der Waals surface area contributed by atoms with E-state index in [1.807, 2.05) is 4.98 Å². The SMILES string of the molecule is CCOc1cc(-c2c(C(=O)O)c(N)[nH]c(=O)c2C(=O)O)c(Br)cc1OCC(=O)Nc1ccccc1. The summed E-state index contributed by atoms with van der Waals surface area (Å²) < 4.78 is 11.4. The van der Waals surface area contributed by atoms with E-state index < -0.39 is 45.9 Å². The van der Waals surface area contributed by atoms with Gasteiger partial charge in [-0.15, -0.1) is 0 Å². The van der Waals surface area contributed by atoms with Crippen molar-refractivity contribution >= 4 is 45.3 Å². The van der Waals surface area contributed by atoms with Crippen LogP contribution in [0.25, 0.3) is 11.1 Å². The average molecular weight is 546 g/mol. The van der Waals surface area contributed by atoms with Crippen molar-refractivity contribution < 1.29 is 34.1 Å². The number of ether oxygens (including phenoxy) is 2. The quantitative estimate of drug-likeness (QED) is 0.269. The van der Waals surface area contributed by atoms with E-state index in [0.29, 0.717) is 5.69 Å². The molecule has 0 unspecified atom stereocenters. The normalized spacial score (nSPS) is 10.5. The second-order valence-corrected chi connectivity index (χ2v) is 7.87. The largest absolute Gasteiger partial charge is 0.490 e. The highest BCUT2D eigenvalue weighted by atomic mass is 79.9. The average Bonchev–Trinajstić information content (AvgIpc) is 2.78. The Morgan fingerprint density at radius 3 is 2.26 bits per heavy atom. The van der Waals surface area contributed by atoms with Gasteiger partial charge in [0.1, 0.15) is 16.9 Å². The number of carboxylic acid groups (broad SMARTS) is 2. The number of para-hydroxylation sites is 1. The predicted octanol–water partition coefficient (Wildman–Crippen LogP) is 3.20. The van der Waals surface area contributed by atoms with Crippen molar-refractivity contribution in [1.29, 1.82) is 0 Å². The zero-order chi connectivity index (χ0) is 25.7. The molecule has 0 spiro atoms. The van der Waals surface area contributed by atoms with Crippen LogP contribution in [-0.4, -0.2) is 46.3 Å². The molecule has 6 N–H and O–H groups in total. The van der Waals surface area contributed by atoms with Gasteiger partial charge in [0.15, 0.2) is 18.1 Å². The van der Waals surface area contributed by atoms with Crippen LogP contribution in [0.5, 0.6) is 11.5 Å². The minimum atomic E-state index is -1.65. The Labute approximate surface area is 206 Å². The Morgan fingerprint density at radius 2 is 1.66 bits per heavy atom. The summed E-state index contributed by atoms with van der Waals surface area (Å²) >= 11 is 3.27. The van der Waals surface area contributed by atoms with Gasteiger partial charge in [0.05, 0.1) is 6.61 Å². The first-order valence-electron chi connectivity index (χ1n) is 10.1. The molecule has 1 heterocycles. The van der Waals surface area contributed by atoms with E-state index in [0.717, 1.165) is 0 Å². The maximum Gasteiger partial charge on any atom is 0.342 e. The highest BCUT2D eigenvalue weighted by molar-refractivity contribution is 9.10. The number of carbonyl (C=O) groups is 3. The Kier molecular flexibility index (Phi) is 7.76. The minimum Gasteiger partial charge on any atom is -0.490 e. The van der Waals surface area contributed by atoms with Gasteiger partial charge in [-0.1, -0.05) is 34.1 Å². The number of pyridine rings is 1. The van der Waals surface area contributed by atoms with Crippen molar-refractivity contribution in [3.05, 3.63) is 68.4 Å². The number of benzene rings is 2. The fourth-order valence-corrected chi connectivity index (χ4v) is 3.81. The van der Waals surface area contributed by atoms with E-state index in [4.69, 9.17) is 15.2 Å². The van der Waals surface area contributed by atoms with Crippen LogP contribution in [-0.2, 0) is 4.79 Å². The van der Waals surface area contributed by atoms with Gasteiger partial charge in [-0.25, -0.2) is 9.59 Å². The number of H-pyrrole nitrogens is 1. The number of carboxylic acids is 2. The van der Waals surface area contributed by atoms with E-state index >= 15 is 0 Å². The second kappa shape index (κ2) is 10.7. The Balaban J connectivity index is 2.06. The molecule has 2 aromatic carbocycles. The molecule has 1 aromatic heterocycles. The lowest BCUT2D eigenvalue weighted by molar-refractivity contribution is -0.118. The van der Waals surface area contributed by atoms with Gasteiger partial charge in [-0.2, -0.15) is 0 Å². The smallest absolute Gasteiger partial charge is 0.342 e. The molecule has 0 aliphatic heterocycles. The molecular formula is C23H20BrN3O8. The molecule has 0 aliphatic carbocycles. The summed E-state index contributed by atoms with van der Waals surface area (Å²) in [6.07, 6.45) is 0. The molecular weight excluding hydrogens is 526 g/mol. The molecule has 3 rings (SSSR count). The summed E-state index contributed by atoms with van der Waals surface area (Å²) in [6, 6.07) is 11.4. The standard InChI is InChI=1S/C23H20BrN3O8/c1-2-34-14-8-12(17-18(22(30)31)20(25)27-21(29)19(17)23(32)33)13(24)9-15(14)35-10-16(28)26-11-6-4-3-5-7-11/h3-9H,2,10H2,1H3,(H,26,28)(H,30,31)(H,32,33)(H3,25,27,29). The molecule has 11 nitrogen and oxygen atoms in total. The Morgan fingerprint density at radius 1 is 1.03 bits per heavy atom. The third kappa shape index (κ3) is 5.61. The number of rotatable bonds is 9. The summed E-state index contributed by atoms with van der Waals surface area (Å²) in [5, 5.41) is 22.0. The van der Waals surface area contributed by atoms with Crippen LogP contribution < -0.4 is 26.1 Å². The fraction of sp³-hybridized carbons (Fsp3) is 0.130. The van der Waals surface area contributed by atoms with Crippen LogP contribution in [0.2, 0.25) is 0 Å². The maximum atomic E-state index is 12.3. The second-order valence-electron chi connectivity index (χ2n) is 7.02. The van der Waals surface area contributed by atoms with E-state index in [9.17, 15) is 29.4 Å². The topological polar surface area (TPSA) is 181 Å². The summed E-state index contributed by atoms with van der Waals surface area (Å²) in [5.41, 5.74) is 3.41. The molecule has 35 heavy (non-hydrogen) atoms. The van der Waals surface area contributed by atoms with Crippen molar-refractivity contribution in [2.24, 2.45) is 0 Å². The zero-order valence-corrected chi connectivity index (χ0v) is 19.8. The number of halogens is 1. The van der Waals surface area contributed by atoms with Gasteiger partial charge in [-0.3, -0.25) is 9.59 Å². The molecule has 182 valence electrons. The zero-order valence-electron chi connectivity index (χ0n) is 18.3. The van der Waals surface area contributed by atoms with E-state index in [1.165, 1.54) is 12.1 Å². The monoisotopic (exact) mass is 545 g/mol. The van der Waals surface area contributed by atoms with Crippen LogP contribution in [0.15, 0.2) is 51.7 Å².